The molecule has 6 heteroatoms. The second-order valence-electron chi connectivity index (χ2n) is 5.20. The van der Waals surface area contributed by atoms with Gasteiger partial charge in [-0.15, -0.1) is 0 Å². The Labute approximate surface area is 140 Å². The summed E-state index contributed by atoms with van der Waals surface area (Å²) < 4.78 is 5.62. The van der Waals surface area contributed by atoms with E-state index in [9.17, 15) is 9.90 Å². The second-order valence-corrected chi connectivity index (χ2v) is 6.20. The summed E-state index contributed by atoms with van der Waals surface area (Å²) in [5, 5.41) is 13.0. The van der Waals surface area contributed by atoms with Crippen LogP contribution < -0.4 is 10.1 Å². The molecule has 0 saturated carbocycles. The van der Waals surface area contributed by atoms with Gasteiger partial charge in [-0.2, -0.15) is 0 Å². The molecule has 0 saturated heterocycles. The third-order valence-corrected chi connectivity index (χ3v) is 4.25. The maximum absolute atomic E-state index is 11.3. The fourth-order valence-electron chi connectivity index (χ4n) is 2.07. The van der Waals surface area contributed by atoms with E-state index >= 15 is 0 Å². The molecule has 0 aliphatic carbocycles. The number of hydrogen-bond acceptors (Lipinski definition) is 5. The van der Waals surface area contributed by atoms with E-state index in [1.807, 2.05) is 31.2 Å². The summed E-state index contributed by atoms with van der Waals surface area (Å²) in [6.45, 7) is 4.86. The van der Waals surface area contributed by atoms with Crippen LogP contribution in [0, 0.1) is 0 Å². The molecule has 2 N–H and O–H groups in total. The lowest BCUT2D eigenvalue weighted by Crippen LogP contribution is -1.98. The number of aromatic carboxylic acids is 1. The molecular formula is C17H22N2O3S. The molecule has 0 atom stereocenters. The van der Waals surface area contributed by atoms with E-state index in [2.05, 4.69) is 17.2 Å². The molecule has 2 rings (SSSR count). The fourth-order valence-corrected chi connectivity index (χ4v) is 2.94. The molecule has 0 aliphatic rings. The number of carbonyl (C=O) groups is 1. The Kier molecular flexibility index (Phi) is 6.40. The maximum atomic E-state index is 11.3. The number of thiazole rings is 1. The average molecular weight is 334 g/mol. The third kappa shape index (κ3) is 4.96. The lowest BCUT2D eigenvalue weighted by atomic mass is 10.2. The van der Waals surface area contributed by atoms with E-state index in [0.29, 0.717) is 22.1 Å². The number of nitrogens with zero attached hydrogens (tertiary/aromatic N) is 1. The van der Waals surface area contributed by atoms with Crippen LogP contribution in [-0.2, 0) is 6.42 Å². The van der Waals surface area contributed by atoms with Gasteiger partial charge in [0, 0.05) is 5.69 Å². The molecule has 1 aromatic carbocycles. The van der Waals surface area contributed by atoms with E-state index in [0.717, 1.165) is 37.3 Å². The van der Waals surface area contributed by atoms with Crippen molar-refractivity contribution in [3.05, 3.63) is 34.8 Å². The van der Waals surface area contributed by atoms with Crippen molar-refractivity contribution in [2.75, 3.05) is 11.9 Å². The van der Waals surface area contributed by atoms with Gasteiger partial charge >= 0.3 is 5.97 Å². The van der Waals surface area contributed by atoms with Gasteiger partial charge in [0.05, 0.1) is 12.3 Å². The molecule has 0 spiro atoms. The number of benzene rings is 1. The number of nitrogens with one attached hydrogen (secondary N) is 1. The number of anilines is 2. The highest BCUT2D eigenvalue weighted by Gasteiger charge is 2.16. The monoisotopic (exact) mass is 334 g/mol. The molecule has 23 heavy (non-hydrogen) atoms. The van der Waals surface area contributed by atoms with Gasteiger partial charge in [-0.1, -0.05) is 38.0 Å². The predicted octanol–water partition coefficient (Wildman–Crippen LogP) is 4.72. The first-order valence-electron chi connectivity index (χ1n) is 7.87. The first-order valence-corrected chi connectivity index (χ1v) is 8.68. The molecule has 1 aromatic heterocycles. The molecule has 1 heterocycles. The zero-order valence-electron chi connectivity index (χ0n) is 13.5. The summed E-state index contributed by atoms with van der Waals surface area (Å²) >= 11 is 1.17. The summed E-state index contributed by atoms with van der Waals surface area (Å²) in [7, 11) is 0. The van der Waals surface area contributed by atoms with Crippen molar-refractivity contribution in [3.63, 3.8) is 0 Å². The van der Waals surface area contributed by atoms with Crippen LogP contribution in [0.25, 0.3) is 0 Å². The van der Waals surface area contributed by atoms with E-state index < -0.39 is 5.97 Å². The Balaban J connectivity index is 2.04. The number of aromatic nitrogens is 1. The third-order valence-electron chi connectivity index (χ3n) is 3.25. The molecule has 124 valence electrons. The molecule has 0 aliphatic heterocycles. The highest BCUT2D eigenvalue weighted by atomic mass is 32.1. The summed E-state index contributed by atoms with van der Waals surface area (Å²) in [6.07, 6.45) is 3.68. The van der Waals surface area contributed by atoms with Crippen LogP contribution >= 0.6 is 11.3 Å². The van der Waals surface area contributed by atoms with Crippen molar-refractivity contribution in [1.82, 2.24) is 4.98 Å². The zero-order valence-corrected chi connectivity index (χ0v) is 14.3. The standard InChI is InChI=1S/C17H22N2O3S/c1-3-5-11-22-13-9-7-12(8-10-13)18-17-19-14(6-4-2)15(23-17)16(20)21/h7-10H,3-6,11H2,1-2H3,(H,18,19)(H,20,21). The van der Waals surface area contributed by atoms with Crippen LogP contribution in [0.4, 0.5) is 10.8 Å². The van der Waals surface area contributed by atoms with Crippen LogP contribution in [0.3, 0.4) is 0 Å². The molecule has 2 aromatic rings. The Hall–Kier alpha value is -2.08. The Morgan fingerprint density at radius 1 is 1.26 bits per heavy atom. The van der Waals surface area contributed by atoms with Crippen molar-refractivity contribution in [3.8, 4) is 5.75 Å². The summed E-state index contributed by atoms with van der Waals surface area (Å²) in [4.78, 5) is 16.0. The minimum Gasteiger partial charge on any atom is -0.494 e. The maximum Gasteiger partial charge on any atom is 0.347 e. The highest BCUT2D eigenvalue weighted by molar-refractivity contribution is 7.17. The number of aryl methyl sites for hydroxylation is 1. The van der Waals surface area contributed by atoms with Crippen molar-refractivity contribution >= 4 is 28.1 Å². The van der Waals surface area contributed by atoms with Gasteiger partial charge in [0.2, 0.25) is 0 Å². The quantitative estimate of drug-likeness (QED) is 0.649. The van der Waals surface area contributed by atoms with Gasteiger partial charge in [0.1, 0.15) is 10.6 Å². The summed E-state index contributed by atoms with van der Waals surface area (Å²) in [6, 6.07) is 7.61. The van der Waals surface area contributed by atoms with Crippen molar-refractivity contribution in [2.45, 2.75) is 39.5 Å². The van der Waals surface area contributed by atoms with Crippen molar-refractivity contribution in [1.29, 1.82) is 0 Å². The van der Waals surface area contributed by atoms with Crippen molar-refractivity contribution in [2.24, 2.45) is 0 Å². The number of hydrogen-bond donors (Lipinski definition) is 2. The lowest BCUT2D eigenvalue weighted by Gasteiger charge is -2.07. The predicted molar refractivity (Wildman–Crippen MR) is 93.2 cm³/mol. The van der Waals surface area contributed by atoms with Crippen LogP contribution in [-0.4, -0.2) is 22.7 Å². The molecule has 0 radical (unpaired) electrons. The normalized spacial score (nSPS) is 10.5. The molecule has 0 fully saturated rings. The molecule has 0 unspecified atom stereocenters. The average Bonchev–Trinajstić information content (AvgIpc) is 2.92. The van der Waals surface area contributed by atoms with E-state index in [1.54, 1.807) is 0 Å². The smallest absolute Gasteiger partial charge is 0.347 e. The second kappa shape index (κ2) is 8.53. The van der Waals surface area contributed by atoms with Crippen LogP contribution in [0.1, 0.15) is 48.5 Å². The summed E-state index contributed by atoms with van der Waals surface area (Å²) in [5.74, 6) is -0.0836. The number of rotatable bonds is 9. The first-order chi connectivity index (χ1) is 11.1. The zero-order chi connectivity index (χ0) is 16.7. The highest BCUT2D eigenvalue weighted by Crippen LogP contribution is 2.27. The molecule has 0 amide bonds. The van der Waals surface area contributed by atoms with Crippen LogP contribution in [0.15, 0.2) is 24.3 Å². The van der Waals surface area contributed by atoms with Gasteiger partial charge in [-0.05, 0) is 37.1 Å². The van der Waals surface area contributed by atoms with Gasteiger partial charge < -0.3 is 15.2 Å². The van der Waals surface area contributed by atoms with E-state index in [-0.39, 0.29) is 0 Å². The Morgan fingerprint density at radius 2 is 2.00 bits per heavy atom. The number of ether oxygens (including phenoxy) is 1. The lowest BCUT2D eigenvalue weighted by molar-refractivity contribution is 0.0700. The van der Waals surface area contributed by atoms with Gasteiger partial charge in [-0.3, -0.25) is 0 Å². The molecule has 0 bridgehead atoms. The minimum atomic E-state index is -0.918. The van der Waals surface area contributed by atoms with Crippen molar-refractivity contribution < 1.29 is 14.6 Å². The number of carboxylic acid groups (broad SMARTS) is 1. The van der Waals surface area contributed by atoms with Crippen LogP contribution in [0.5, 0.6) is 5.75 Å². The van der Waals surface area contributed by atoms with E-state index in [1.165, 1.54) is 11.3 Å². The Bertz CT molecular complexity index is 638. The topological polar surface area (TPSA) is 71.5 Å². The SMILES string of the molecule is CCCCOc1ccc(Nc2nc(CCC)c(C(=O)O)s2)cc1. The molecule has 5 nitrogen and oxygen atoms in total. The van der Waals surface area contributed by atoms with Crippen LogP contribution in [0.2, 0.25) is 0 Å². The minimum absolute atomic E-state index is 0.314. The Morgan fingerprint density at radius 3 is 2.61 bits per heavy atom. The van der Waals surface area contributed by atoms with E-state index in [4.69, 9.17) is 4.74 Å². The first kappa shape index (κ1) is 17.3. The largest absolute Gasteiger partial charge is 0.494 e. The van der Waals surface area contributed by atoms with Gasteiger partial charge in [0.25, 0.3) is 0 Å². The van der Waals surface area contributed by atoms with Gasteiger partial charge in [-0.25, -0.2) is 9.78 Å². The number of carboxylic acids is 1. The number of unbranched alkanes of at least 4 members (excludes halogenated alkanes) is 1. The summed E-state index contributed by atoms with van der Waals surface area (Å²) in [5.41, 5.74) is 1.51. The molecular weight excluding hydrogens is 312 g/mol. The fraction of sp³-hybridized carbons (Fsp3) is 0.412. The van der Waals surface area contributed by atoms with Gasteiger partial charge in [0.15, 0.2) is 5.13 Å².